The largest absolute Gasteiger partial charge is 0.480 e. The van der Waals surface area contributed by atoms with Gasteiger partial charge in [-0.3, -0.25) is 4.79 Å². The molecular formula is C11H15NO5. The summed E-state index contributed by atoms with van der Waals surface area (Å²) in [6, 6.07) is 0. The van der Waals surface area contributed by atoms with Crippen molar-refractivity contribution >= 4 is 11.9 Å². The molecule has 1 atom stereocenters. The highest BCUT2D eigenvalue weighted by Gasteiger charge is 2.27. The van der Waals surface area contributed by atoms with Gasteiger partial charge in [-0.15, -0.1) is 6.42 Å². The van der Waals surface area contributed by atoms with Gasteiger partial charge in [0.05, 0.1) is 6.10 Å². The summed E-state index contributed by atoms with van der Waals surface area (Å²) in [4.78, 5) is 23.5. The summed E-state index contributed by atoms with van der Waals surface area (Å²) in [7, 11) is 0. The monoisotopic (exact) mass is 241 g/mol. The van der Waals surface area contributed by atoms with Crippen LogP contribution in [0.15, 0.2) is 0 Å². The SMILES string of the molecule is C#CCOCC(=O)N1CCC(OCC(=O)O)C1. The van der Waals surface area contributed by atoms with Crippen molar-refractivity contribution in [2.75, 3.05) is 32.9 Å². The summed E-state index contributed by atoms with van der Waals surface area (Å²) in [5.41, 5.74) is 0. The molecule has 0 aromatic rings. The van der Waals surface area contributed by atoms with Crippen molar-refractivity contribution in [2.24, 2.45) is 0 Å². The lowest BCUT2D eigenvalue weighted by Crippen LogP contribution is -2.33. The highest BCUT2D eigenvalue weighted by atomic mass is 16.5. The maximum absolute atomic E-state index is 11.6. The number of likely N-dealkylation sites (tertiary alicyclic amines) is 1. The summed E-state index contributed by atoms with van der Waals surface area (Å²) in [6.45, 7) is 0.697. The first kappa shape index (κ1) is 13.5. The maximum Gasteiger partial charge on any atom is 0.329 e. The Morgan fingerprint density at radius 3 is 2.88 bits per heavy atom. The van der Waals surface area contributed by atoms with Crippen molar-refractivity contribution in [3.63, 3.8) is 0 Å². The van der Waals surface area contributed by atoms with Crippen LogP contribution in [0.2, 0.25) is 0 Å². The molecule has 94 valence electrons. The summed E-state index contributed by atoms with van der Waals surface area (Å²) in [5.74, 6) is 1.11. The van der Waals surface area contributed by atoms with Crippen molar-refractivity contribution in [1.29, 1.82) is 0 Å². The predicted molar refractivity (Wildman–Crippen MR) is 58.2 cm³/mol. The molecule has 0 radical (unpaired) electrons. The van der Waals surface area contributed by atoms with Gasteiger partial charge in [0, 0.05) is 13.1 Å². The number of carboxylic acid groups (broad SMARTS) is 1. The molecule has 1 heterocycles. The van der Waals surface area contributed by atoms with E-state index < -0.39 is 5.97 Å². The molecule has 17 heavy (non-hydrogen) atoms. The molecule has 0 spiro atoms. The fourth-order valence-corrected chi connectivity index (χ4v) is 1.57. The first-order chi connectivity index (χ1) is 8.13. The Morgan fingerprint density at radius 2 is 2.24 bits per heavy atom. The second-order valence-corrected chi connectivity index (χ2v) is 3.65. The lowest BCUT2D eigenvalue weighted by Gasteiger charge is -2.15. The Labute approximate surface area is 99.5 Å². The minimum atomic E-state index is -1.01. The Kier molecular flexibility index (Phi) is 5.46. The lowest BCUT2D eigenvalue weighted by atomic mass is 10.3. The van der Waals surface area contributed by atoms with Gasteiger partial charge in [-0.1, -0.05) is 5.92 Å². The van der Waals surface area contributed by atoms with E-state index >= 15 is 0 Å². The number of hydrogen-bond donors (Lipinski definition) is 1. The average Bonchev–Trinajstić information content (AvgIpc) is 2.75. The highest BCUT2D eigenvalue weighted by molar-refractivity contribution is 5.77. The van der Waals surface area contributed by atoms with Crippen LogP contribution in [-0.2, 0) is 19.1 Å². The topological polar surface area (TPSA) is 76.1 Å². The van der Waals surface area contributed by atoms with Crippen LogP contribution in [0.1, 0.15) is 6.42 Å². The Bertz CT molecular complexity index is 322. The summed E-state index contributed by atoms with van der Waals surface area (Å²) in [5, 5.41) is 8.45. The minimum Gasteiger partial charge on any atom is -0.480 e. The summed E-state index contributed by atoms with van der Waals surface area (Å²) < 4.78 is 10.0. The normalized spacial score (nSPS) is 19.0. The number of amides is 1. The second-order valence-electron chi connectivity index (χ2n) is 3.65. The molecule has 0 saturated carbocycles. The molecule has 1 aliphatic heterocycles. The highest BCUT2D eigenvalue weighted by Crippen LogP contribution is 2.12. The first-order valence-corrected chi connectivity index (χ1v) is 5.26. The number of rotatable bonds is 6. The van der Waals surface area contributed by atoms with Crippen LogP contribution < -0.4 is 0 Å². The van der Waals surface area contributed by atoms with Crippen molar-refractivity contribution < 1.29 is 24.2 Å². The minimum absolute atomic E-state index is 0.0458. The van der Waals surface area contributed by atoms with Crippen molar-refractivity contribution in [3.8, 4) is 12.3 Å². The Balaban J connectivity index is 2.22. The molecule has 0 aliphatic carbocycles. The van der Waals surface area contributed by atoms with E-state index in [0.29, 0.717) is 19.5 Å². The molecule has 1 amide bonds. The van der Waals surface area contributed by atoms with E-state index in [2.05, 4.69) is 5.92 Å². The molecule has 0 bridgehead atoms. The summed E-state index contributed by atoms with van der Waals surface area (Å²) >= 11 is 0. The van der Waals surface area contributed by atoms with Crippen LogP contribution in [0.4, 0.5) is 0 Å². The van der Waals surface area contributed by atoms with E-state index in [0.717, 1.165) is 0 Å². The fourth-order valence-electron chi connectivity index (χ4n) is 1.57. The molecule has 1 aliphatic rings. The number of carbonyl (C=O) groups is 2. The number of carbonyl (C=O) groups excluding carboxylic acids is 1. The zero-order valence-corrected chi connectivity index (χ0v) is 9.42. The van der Waals surface area contributed by atoms with Crippen LogP contribution in [0, 0.1) is 12.3 Å². The van der Waals surface area contributed by atoms with Gasteiger partial charge in [-0.2, -0.15) is 0 Å². The average molecular weight is 241 g/mol. The maximum atomic E-state index is 11.6. The molecule has 6 nitrogen and oxygen atoms in total. The fraction of sp³-hybridized carbons (Fsp3) is 0.636. The van der Waals surface area contributed by atoms with Gasteiger partial charge in [0.1, 0.15) is 19.8 Å². The number of hydrogen-bond acceptors (Lipinski definition) is 4. The van der Waals surface area contributed by atoms with Crippen molar-refractivity contribution in [1.82, 2.24) is 4.90 Å². The molecular weight excluding hydrogens is 226 g/mol. The third-order valence-corrected chi connectivity index (χ3v) is 2.35. The van der Waals surface area contributed by atoms with Gasteiger partial charge in [0.25, 0.3) is 0 Å². The molecule has 1 fully saturated rings. The number of ether oxygens (including phenoxy) is 2. The van der Waals surface area contributed by atoms with Crippen LogP contribution in [-0.4, -0.2) is 60.9 Å². The standard InChI is InChI=1S/C11H15NO5/c1-2-5-16-7-10(13)12-4-3-9(6-12)17-8-11(14)15/h1,9H,3-8H2,(H,14,15). The zero-order chi connectivity index (χ0) is 12.7. The van der Waals surface area contributed by atoms with E-state index in [1.54, 1.807) is 4.90 Å². The van der Waals surface area contributed by atoms with E-state index in [9.17, 15) is 9.59 Å². The zero-order valence-electron chi connectivity index (χ0n) is 9.42. The third kappa shape index (κ3) is 4.85. The van der Waals surface area contributed by atoms with Crippen LogP contribution in [0.3, 0.4) is 0 Å². The molecule has 6 heteroatoms. The molecule has 0 aromatic heterocycles. The van der Waals surface area contributed by atoms with E-state index in [4.69, 9.17) is 21.0 Å². The Morgan fingerprint density at radius 1 is 1.47 bits per heavy atom. The Hall–Kier alpha value is -1.58. The van der Waals surface area contributed by atoms with Gasteiger partial charge in [0.15, 0.2) is 0 Å². The van der Waals surface area contributed by atoms with E-state index in [-0.39, 0.29) is 31.8 Å². The number of carboxylic acids is 1. The quantitative estimate of drug-likeness (QED) is 0.493. The summed E-state index contributed by atoms with van der Waals surface area (Å²) in [6.07, 6.45) is 5.42. The molecule has 1 rings (SSSR count). The third-order valence-electron chi connectivity index (χ3n) is 2.35. The van der Waals surface area contributed by atoms with Gasteiger partial charge in [-0.25, -0.2) is 4.79 Å². The number of terminal acetylenes is 1. The van der Waals surface area contributed by atoms with Crippen molar-refractivity contribution in [3.05, 3.63) is 0 Å². The molecule has 1 saturated heterocycles. The van der Waals surface area contributed by atoms with Crippen LogP contribution >= 0.6 is 0 Å². The van der Waals surface area contributed by atoms with Gasteiger partial charge >= 0.3 is 5.97 Å². The van der Waals surface area contributed by atoms with Crippen LogP contribution in [0.25, 0.3) is 0 Å². The van der Waals surface area contributed by atoms with Crippen molar-refractivity contribution in [2.45, 2.75) is 12.5 Å². The predicted octanol–water partition coefficient (Wildman–Crippen LogP) is -0.662. The van der Waals surface area contributed by atoms with Gasteiger partial charge in [0.2, 0.25) is 5.91 Å². The first-order valence-electron chi connectivity index (χ1n) is 5.26. The second kappa shape index (κ2) is 6.89. The van der Waals surface area contributed by atoms with E-state index in [1.165, 1.54) is 0 Å². The number of aliphatic carboxylic acids is 1. The molecule has 1 N–H and O–H groups in total. The van der Waals surface area contributed by atoms with E-state index in [1.807, 2.05) is 0 Å². The number of nitrogens with zero attached hydrogens (tertiary/aromatic N) is 1. The molecule has 0 aromatic carbocycles. The van der Waals surface area contributed by atoms with Crippen LogP contribution in [0.5, 0.6) is 0 Å². The molecule has 1 unspecified atom stereocenters. The smallest absolute Gasteiger partial charge is 0.329 e. The van der Waals surface area contributed by atoms with Gasteiger partial charge < -0.3 is 19.5 Å². The van der Waals surface area contributed by atoms with Gasteiger partial charge in [-0.05, 0) is 6.42 Å². The lowest BCUT2D eigenvalue weighted by molar-refractivity contribution is -0.144.